The zero-order valence-electron chi connectivity index (χ0n) is 13.9. The Morgan fingerprint density at radius 1 is 1.15 bits per heavy atom. The Hall–Kier alpha value is -3.18. The summed E-state index contributed by atoms with van der Waals surface area (Å²) in [6.07, 6.45) is -0.122. The van der Waals surface area contributed by atoms with Crippen LogP contribution in [0.5, 0.6) is 11.5 Å². The number of nitrogens with one attached hydrogen (secondary N) is 2. The first-order valence-corrected chi connectivity index (χ1v) is 9.27. The Morgan fingerprint density at radius 3 is 2.70 bits per heavy atom. The minimum Gasteiger partial charge on any atom is -0.454 e. The summed E-state index contributed by atoms with van der Waals surface area (Å²) in [7, 11) is -3.96. The van der Waals surface area contributed by atoms with Gasteiger partial charge in [-0.2, -0.15) is 0 Å². The zero-order valence-corrected chi connectivity index (χ0v) is 14.7. The number of fused-ring (bicyclic) bond motifs is 1. The lowest BCUT2D eigenvalue weighted by molar-refractivity contribution is -0.385. The van der Waals surface area contributed by atoms with Crippen molar-refractivity contribution in [1.82, 2.24) is 4.72 Å². The van der Waals surface area contributed by atoms with E-state index >= 15 is 0 Å². The Bertz CT molecular complexity index is 991. The van der Waals surface area contributed by atoms with E-state index in [-0.39, 0.29) is 30.3 Å². The molecule has 1 heterocycles. The van der Waals surface area contributed by atoms with Crippen LogP contribution in [0, 0.1) is 10.1 Å². The predicted molar refractivity (Wildman–Crippen MR) is 94.1 cm³/mol. The van der Waals surface area contributed by atoms with E-state index < -0.39 is 20.9 Å². The fourth-order valence-electron chi connectivity index (χ4n) is 2.34. The Balaban J connectivity index is 1.55. The summed E-state index contributed by atoms with van der Waals surface area (Å²) in [6.45, 7) is -0.0480. The molecule has 0 saturated carbocycles. The lowest BCUT2D eigenvalue weighted by Gasteiger charge is -2.08. The molecule has 1 aliphatic heterocycles. The number of sulfonamides is 1. The van der Waals surface area contributed by atoms with Gasteiger partial charge in [-0.05, 0) is 18.2 Å². The molecule has 2 aromatic rings. The molecule has 0 fully saturated rings. The van der Waals surface area contributed by atoms with E-state index in [0.717, 1.165) is 6.07 Å². The number of non-ortho nitro benzene ring substituents is 1. The standard InChI is InChI=1S/C16H15N3O7S/c20-16(18-11-4-5-14-15(8-11)26-10-25-14)6-7-17-27(23,24)13-3-1-2-12(9-13)19(21)22/h1-5,8-9,17H,6-7,10H2,(H,18,20). The van der Waals surface area contributed by atoms with Crippen molar-refractivity contribution in [2.24, 2.45) is 0 Å². The van der Waals surface area contributed by atoms with Crippen LogP contribution in [0.4, 0.5) is 11.4 Å². The fraction of sp³-hybridized carbons (Fsp3) is 0.188. The smallest absolute Gasteiger partial charge is 0.270 e. The van der Waals surface area contributed by atoms with Crippen LogP contribution in [-0.2, 0) is 14.8 Å². The quantitative estimate of drug-likeness (QED) is 0.539. The first-order chi connectivity index (χ1) is 12.8. The van der Waals surface area contributed by atoms with E-state index in [9.17, 15) is 23.3 Å². The molecule has 0 aromatic heterocycles. The molecule has 0 spiro atoms. The highest BCUT2D eigenvalue weighted by Gasteiger charge is 2.18. The van der Waals surface area contributed by atoms with E-state index in [1.807, 2.05) is 0 Å². The van der Waals surface area contributed by atoms with Crippen LogP contribution in [0.2, 0.25) is 0 Å². The Labute approximate surface area is 154 Å². The van der Waals surface area contributed by atoms with E-state index in [1.54, 1.807) is 18.2 Å². The van der Waals surface area contributed by atoms with Gasteiger partial charge in [0.2, 0.25) is 22.7 Å². The number of hydrogen-bond acceptors (Lipinski definition) is 7. The van der Waals surface area contributed by atoms with E-state index in [0.29, 0.717) is 17.2 Å². The third-order valence-corrected chi connectivity index (χ3v) is 5.10. The molecule has 11 heteroatoms. The summed E-state index contributed by atoms with van der Waals surface area (Å²) >= 11 is 0. The average molecular weight is 393 g/mol. The normalized spacial score (nSPS) is 12.6. The summed E-state index contributed by atoms with van der Waals surface area (Å²) in [6, 6.07) is 9.56. The number of amides is 1. The number of nitrogens with zero attached hydrogens (tertiary/aromatic N) is 1. The molecule has 0 unspecified atom stereocenters. The van der Waals surface area contributed by atoms with Crippen molar-refractivity contribution >= 4 is 27.3 Å². The number of nitro groups is 1. The van der Waals surface area contributed by atoms with Crippen molar-refractivity contribution in [1.29, 1.82) is 0 Å². The maximum absolute atomic E-state index is 12.2. The van der Waals surface area contributed by atoms with Crippen molar-refractivity contribution in [3.05, 3.63) is 52.6 Å². The minimum absolute atomic E-state index is 0.117. The molecule has 142 valence electrons. The summed E-state index contributed by atoms with van der Waals surface area (Å²) in [5, 5.41) is 13.4. The van der Waals surface area contributed by atoms with Crippen molar-refractivity contribution in [2.75, 3.05) is 18.7 Å². The summed E-state index contributed by atoms with van der Waals surface area (Å²) in [5.74, 6) is 0.687. The van der Waals surface area contributed by atoms with Gasteiger partial charge in [-0.15, -0.1) is 0 Å². The van der Waals surface area contributed by atoms with Crippen LogP contribution < -0.4 is 19.5 Å². The molecule has 0 bridgehead atoms. The van der Waals surface area contributed by atoms with Gasteiger partial charge in [-0.3, -0.25) is 14.9 Å². The molecular weight excluding hydrogens is 378 g/mol. The molecule has 10 nitrogen and oxygen atoms in total. The van der Waals surface area contributed by atoms with Gasteiger partial charge >= 0.3 is 0 Å². The van der Waals surface area contributed by atoms with Gasteiger partial charge in [0.1, 0.15) is 0 Å². The van der Waals surface area contributed by atoms with Gasteiger partial charge < -0.3 is 14.8 Å². The van der Waals surface area contributed by atoms with Crippen molar-refractivity contribution < 1.29 is 27.6 Å². The van der Waals surface area contributed by atoms with E-state index in [1.165, 1.54) is 18.2 Å². The fourth-order valence-corrected chi connectivity index (χ4v) is 3.42. The second kappa shape index (κ2) is 7.60. The topological polar surface area (TPSA) is 137 Å². The lowest BCUT2D eigenvalue weighted by atomic mass is 10.2. The third-order valence-electron chi connectivity index (χ3n) is 3.64. The maximum Gasteiger partial charge on any atom is 0.270 e. The molecule has 27 heavy (non-hydrogen) atoms. The number of rotatable bonds is 7. The van der Waals surface area contributed by atoms with E-state index in [2.05, 4.69) is 10.0 Å². The lowest BCUT2D eigenvalue weighted by Crippen LogP contribution is -2.27. The zero-order chi connectivity index (χ0) is 19.4. The SMILES string of the molecule is O=C(CCNS(=O)(=O)c1cccc([N+](=O)[O-])c1)Nc1ccc2c(c1)OCO2. The maximum atomic E-state index is 12.2. The van der Waals surface area contributed by atoms with Crippen LogP contribution >= 0.6 is 0 Å². The van der Waals surface area contributed by atoms with Gasteiger partial charge in [-0.1, -0.05) is 6.07 Å². The highest BCUT2D eigenvalue weighted by atomic mass is 32.2. The highest BCUT2D eigenvalue weighted by Crippen LogP contribution is 2.34. The van der Waals surface area contributed by atoms with Gasteiger partial charge in [0.15, 0.2) is 11.5 Å². The summed E-state index contributed by atoms with van der Waals surface area (Å²) in [5.41, 5.74) is 0.157. The second-order valence-corrected chi connectivity index (χ2v) is 7.29. The van der Waals surface area contributed by atoms with Gasteiger partial charge in [0, 0.05) is 36.9 Å². The number of hydrogen-bond donors (Lipinski definition) is 2. The van der Waals surface area contributed by atoms with E-state index in [4.69, 9.17) is 9.47 Å². The highest BCUT2D eigenvalue weighted by molar-refractivity contribution is 7.89. The number of nitro benzene ring substituents is 1. The predicted octanol–water partition coefficient (Wildman–Crippen LogP) is 1.63. The number of carbonyl (C=O) groups excluding carboxylic acids is 1. The second-order valence-electron chi connectivity index (χ2n) is 5.52. The van der Waals surface area contributed by atoms with Crippen molar-refractivity contribution in [2.45, 2.75) is 11.3 Å². The number of ether oxygens (including phenoxy) is 2. The number of anilines is 1. The van der Waals surface area contributed by atoms with Crippen LogP contribution in [0.1, 0.15) is 6.42 Å². The first-order valence-electron chi connectivity index (χ1n) is 7.79. The van der Waals surface area contributed by atoms with Crippen LogP contribution in [0.15, 0.2) is 47.4 Å². The molecule has 1 aliphatic rings. The monoisotopic (exact) mass is 393 g/mol. The van der Waals surface area contributed by atoms with Crippen LogP contribution in [0.25, 0.3) is 0 Å². The minimum atomic E-state index is -3.96. The number of carbonyl (C=O) groups is 1. The molecule has 0 atom stereocenters. The molecule has 0 saturated heterocycles. The molecule has 2 N–H and O–H groups in total. The molecule has 3 rings (SSSR count). The van der Waals surface area contributed by atoms with Gasteiger partial charge in [0.05, 0.1) is 9.82 Å². The van der Waals surface area contributed by atoms with Crippen molar-refractivity contribution in [3.63, 3.8) is 0 Å². The first kappa shape index (κ1) is 18.6. The average Bonchev–Trinajstić information content (AvgIpc) is 3.09. The van der Waals surface area contributed by atoms with Crippen molar-refractivity contribution in [3.8, 4) is 11.5 Å². The summed E-state index contributed by atoms with van der Waals surface area (Å²) in [4.78, 5) is 21.8. The molecule has 1 amide bonds. The molecule has 2 aromatic carbocycles. The van der Waals surface area contributed by atoms with Gasteiger partial charge in [0.25, 0.3) is 5.69 Å². The van der Waals surface area contributed by atoms with Crippen LogP contribution in [-0.4, -0.2) is 32.6 Å². The van der Waals surface area contributed by atoms with Gasteiger partial charge in [-0.25, -0.2) is 13.1 Å². The Kier molecular flexibility index (Phi) is 5.23. The molecule has 0 aliphatic carbocycles. The third kappa shape index (κ3) is 4.51. The summed E-state index contributed by atoms with van der Waals surface area (Å²) < 4.78 is 37.0. The van der Waals surface area contributed by atoms with Crippen LogP contribution in [0.3, 0.4) is 0 Å². The number of benzene rings is 2. The largest absolute Gasteiger partial charge is 0.454 e. The Morgan fingerprint density at radius 2 is 1.93 bits per heavy atom. The molecular formula is C16H15N3O7S. The molecule has 0 radical (unpaired) electrons.